The first-order valence-corrected chi connectivity index (χ1v) is 8.57. The number of halogens is 2. The summed E-state index contributed by atoms with van der Waals surface area (Å²) in [6.45, 7) is 0.436. The number of carbonyl (C=O) groups is 3. The molecule has 1 aromatic carbocycles. The maximum absolute atomic E-state index is 12.5. The average Bonchev–Trinajstić information content (AvgIpc) is 3.19. The molecule has 0 saturated carbocycles. The summed E-state index contributed by atoms with van der Waals surface area (Å²) >= 11 is 11.9. The molecule has 2 aliphatic heterocycles. The molecule has 2 aliphatic rings. The number of hydrogen-bond acceptors (Lipinski definition) is 4. The van der Waals surface area contributed by atoms with Gasteiger partial charge in [-0.3, -0.25) is 9.59 Å². The molecular formula is C16H16Cl2N2O5. The van der Waals surface area contributed by atoms with Crippen molar-refractivity contribution < 1.29 is 24.2 Å². The number of rotatable bonds is 4. The van der Waals surface area contributed by atoms with Crippen molar-refractivity contribution in [2.24, 2.45) is 0 Å². The number of hydrogen-bond donors (Lipinski definition) is 2. The van der Waals surface area contributed by atoms with Crippen LogP contribution in [0, 0.1) is 0 Å². The van der Waals surface area contributed by atoms with Crippen LogP contribution in [0.1, 0.15) is 19.3 Å². The molecule has 1 unspecified atom stereocenters. The summed E-state index contributed by atoms with van der Waals surface area (Å²) in [4.78, 5) is 37.2. The second kappa shape index (κ2) is 7.19. The van der Waals surface area contributed by atoms with Crippen molar-refractivity contribution in [2.75, 3.05) is 11.4 Å². The molecule has 25 heavy (non-hydrogen) atoms. The zero-order chi connectivity index (χ0) is 18.1. The Kier molecular flexibility index (Phi) is 5.17. The van der Waals surface area contributed by atoms with Gasteiger partial charge in [-0.25, -0.2) is 4.79 Å². The molecule has 9 heteroatoms. The van der Waals surface area contributed by atoms with Crippen molar-refractivity contribution in [3.63, 3.8) is 0 Å². The predicted octanol–water partition coefficient (Wildman–Crippen LogP) is 1.85. The summed E-state index contributed by atoms with van der Waals surface area (Å²) in [6.07, 6.45) is -0.766. The average molecular weight is 387 g/mol. The second-order valence-electron chi connectivity index (χ2n) is 5.97. The quantitative estimate of drug-likeness (QED) is 0.822. The smallest absolute Gasteiger partial charge is 0.332 e. The Hall–Kier alpha value is -1.83. The van der Waals surface area contributed by atoms with E-state index in [0.29, 0.717) is 35.1 Å². The lowest BCUT2D eigenvalue weighted by Gasteiger charge is -2.19. The predicted molar refractivity (Wildman–Crippen MR) is 90.9 cm³/mol. The van der Waals surface area contributed by atoms with Gasteiger partial charge in [0.1, 0.15) is 12.1 Å². The van der Waals surface area contributed by atoms with Crippen LogP contribution >= 0.6 is 23.2 Å². The molecule has 134 valence electrons. The number of carbonyl (C=O) groups excluding carboxylic acids is 2. The topological polar surface area (TPSA) is 95.9 Å². The molecule has 0 radical (unpaired) electrons. The van der Waals surface area contributed by atoms with Crippen LogP contribution in [0.15, 0.2) is 18.2 Å². The number of ether oxygens (including phenoxy) is 1. The van der Waals surface area contributed by atoms with E-state index >= 15 is 0 Å². The molecule has 3 rings (SSSR count). The minimum absolute atomic E-state index is 0.250. The fraction of sp³-hybridized carbons (Fsp3) is 0.438. The number of carboxylic acid groups (broad SMARTS) is 1. The fourth-order valence-corrected chi connectivity index (χ4v) is 3.29. The van der Waals surface area contributed by atoms with Gasteiger partial charge in [0.05, 0.1) is 10.0 Å². The van der Waals surface area contributed by atoms with Crippen LogP contribution in [0.25, 0.3) is 0 Å². The van der Waals surface area contributed by atoms with Crippen LogP contribution < -0.4 is 10.2 Å². The number of anilines is 1. The van der Waals surface area contributed by atoms with E-state index in [-0.39, 0.29) is 12.3 Å². The van der Waals surface area contributed by atoms with E-state index in [1.54, 1.807) is 18.2 Å². The van der Waals surface area contributed by atoms with Gasteiger partial charge < -0.3 is 20.1 Å². The zero-order valence-electron chi connectivity index (χ0n) is 13.1. The van der Waals surface area contributed by atoms with Crippen LogP contribution in [0.3, 0.4) is 0 Å². The fourth-order valence-electron chi connectivity index (χ4n) is 3.00. The first-order chi connectivity index (χ1) is 11.9. The van der Waals surface area contributed by atoms with E-state index in [1.807, 2.05) is 0 Å². The Labute approximate surface area is 153 Å². The van der Waals surface area contributed by atoms with Gasteiger partial charge in [-0.1, -0.05) is 23.2 Å². The van der Waals surface area contributed by atoms with Gasteiger partial charge in [-0.15, -0.1) is 0 Å². The third-order valence-electron chi connectivity index (χ3n) is 4.32. The van der Waals surface area contributed by atoms with Gasteiger partial charge in [0.15, 0.2) is 6.10 Å². The highest BCUT2D eigenvalue weighted by molar-refractivity contribution is 6.42. The lowest BCUT2D eigenvalue weighted by molar-refractivity contribution is -0.152. The van der Waals surface area contributed by atoms with Crippen molar-refractivity contribution in [1.82, 2.24) is 5.32 Å². The number of nitrogens with one attached hydrogen (secondary N) is 1. The van der Waals surface area contributed by atoms with E-state index < -0.39 is 30.1 Å². The van der Waals surface area contributed by atoms with Gasteiger partial charge in [0.2, 0.25) is 11.8 Å². The van der Waals surface area contributed by atoms with E-state index in [9.17, 15) is 14.4 Å². The van der Waals surface area contributed by atoms with Gasteiger partial charge in [0, 0.05) is 12.2 Å². The second-order valence-corrected chi connectivity index (χ2v) is 6.78. The van der Waals surface area contributed by atoms with E-state index in [2.05, 4.69) is 5.32 Å². The minimum atomic E-state index is -1.09. The summed E-state index contributed by atoms with van der Waals surface area (Å²) in [5, 5.41) is 12.3. The minimum Gasteiger partial charge on any atom is -0.479 e. The summed E-state index contributed by atoms with van der Waals surface area (Å²) in [5.74, 6) is -1.80. The summed E-state index contributed by atoms with van der Waals surface area (Å²) in [6, 6.07) is 4.23. The molecule has 2 amide bonds. The van der Waals surface area contributed by atoms with Crippen molar-refractivity contribution in [3.05, 3.63) is 28.2 Å². The Morgan fingerprint density at radius 1 is 1.16 bits per heavy atom. The first-order valence-electron chi connectivity index (χ1n) is 7.82. The molecule has 0 spiro atoms. The highest BCUT2D eigenvalue weighted by Gasteiger charge is 2.39. The third kappa shape index (κ3) is 3.73. The molecule has 0 bridgehead atoms. The van der Waals surface area contributed by atoms with Crippen LogP contribution in [-0.2, 0) is 19.1 Å². The van der Waals surface area contributed by atoms with Crippen LogP contribution in [0.2, 0.25) is 10.0 Å². The number of nitrogens with zero attached hydrogens (tertiary/aromatic N) is 1. The Morgan fingerprint density at radius 3 is 2.52 bits per heavy atom. The third-order valence-corrected chi connectivity index (χ3v) is 5.06. The normalized spacial score (nSPS) is 26.1. The molecular weight excluding hydrogens is 371 g/mol. The first kappa shape index (κ1) is 18.0. The van der Waals surface area contributed by atoms with Crippen LogP contribution in [0.4, 0.5) is 5.69 Å². The Bertz CT molecular complexity index is 726. The number of benzene rings is 1. The number of amides is 2. The molecule has 7 nitrogen and oxygen atoms in total. The molecule has 0 aromatic heterocycles. The zero-order valence-corrected chi connectivity index (χ0v) is 14.6. The molecule has 0 aliphatic carbocycles. The van der Waals surface area contributed by atoms with Gasteiger partial charge >= 0.3 is 5.97 Å². The molecule has 2 heterocycles. The maximum atomic E-state index is 12.5. The van der Waals surface area contributed by atoms with Crippen molar-refractivity contribution in [1.29, 1.82) is 0 Å². The monoisotopic (exact) mass is 386 g/mol. The van der Waals surface area contributed by atoms with E-state index in [1.165, 1.54) is 4.90 Å². The largest absolute Gasteiger partial charge is 0.479 e. The van der Waals surface area contributed by atoms with Gasteiger partial charge in [0.25, 0.3) is 0 Å². The van der Waals surface area contributed by atoms with E-state index in [0.717, 1.165) is 0 Å². The van der Waals surface area contributed by atoms with Crippen LogP contribution in [0.5, 0.6) is 0 Å². The standard InChI is InChI=1S/C16H16Cl2N2O5/c17-9-2-1-8(7-10(9)18)20-6-5-11(15(20)22)19-14(21)12-3-4-13(25-12)16(23)24/h1-2,7,11-13H,3-6H2,(H,19,21)(H,23,24)/t11?,12-,13+/m0/s1. The lowest BCUT2D eigenvalue weighted by Crippen LogP contribution is -2.45. The maximum Gasteiger partial charge on any atom is 0.332 e. The van der Waals surface area contributed by atoms with Crippen LogP contribution in [-0.4, -0.2) is 47.7 Å². The van der Waals surface area contributed by atoms with Crippen molar-refractivity contribution in [3.8, 4) is 0 Å². The number of aliphatic carboxylic acids is 1. The molecule has 2 N–H and O–H groups in total. The molecule has 1 aromatic rings. The highest BCUT2D eigenvalue weighted by atomic mass is 35.5. The molecule has 2 fully saturated rings. The Balaban J connectivity index is 1.61. The van der Waals surface area contributed by atoms with Gasteiger partial charge in [-0.2, -0.15) is 0 Å². The van der Waals surface area contributed by atoms with Crippen molar-refractivity contribution in [2.45, 2.75) is 37.5 Å². The SMILES string of the molecule is O=C(NC1CCN(c2ccc(Cl)c(Cl)c2)C1=O)[C@@H]1CC[C@H](C(=O)O)O1. The highest BCUT2D eigenvalue weighted by Crippen LogP contribution is 2.29. The summed E-state index contributed by atoms with van der Waals surface area (Å²) < 4.78 is 5.20. The molecule has 3 atom stereocenters. The van der Waals surface area contributed by atoms with E-state index in [4.69, 9.17) is 33.0 Å². The summed E-state index contributed by atoms with van der Waals surface area (Å²) in [7, 11) is 0. The molecule has 2 saturated heterocycles. The lowest BCUT2D eigenvalue weighted by atomic mass is 10.1. The summed E-state index contributed by atoms with van der Waals surface area (Å²) in [5.41, 5.74) is 0.610. The van der Waals surface area contributed by atoms with Gasteiger partial charge in [-0.05, 0) is 37.5 Å². The number of carboxylic acids is 1. The Morgan fingerprint density at radius 2 is 1.88 bits per heavy atom. The van der Waals surface area contributed by atoms with Crippen molar-refractivity contribution >= 4 is 46.7 Å².